The predicted octanol–water partition coefficient (Wildman–Crippen LogP) is 3.78. The molecule has 0 saturated carbocycles. The first-order valence-corrected chi connectivity index (χ1v) is 10.1. The Kier molecular flexibility index (Phi) is 6.00. The van der Waals surface area contributed by atoms with E-state index in [0.29, 0.717) is 35.3 Å². The smallest absolute Gasteiger partial charge is 0.340 e. The van der Waals surface area contributed by atoms with Gasteiger partial charge in [-0.15, -0.1) is 0 Å². The second kappa shape index (κ2) is 9.01. The number of aromatic nitrogens is 2. The van der Waals surface area contributed by atoms with E-state index in [2.05, 4.69) is 22.1 Å². The fraction of sp³-hybridized carbons (Fsp3) is 0.348. The Labute approximate surface area is 168 Å². The van der Waals surface area contributed by atoms with Gasteiger partial charge in [0.05, 0.1) is 23.2 Å². The maximum Gasteiger partial charge on any atom is 0.340 e. The van der Waals surface area contributed by atoms with Gasteiger partial charge in [-0.3, -0.25) is 4.79 Å². The van der Waals surface area contributed by atoms with Crippen LogP contribution >= 0.6 is 0 Å². The highest BCUT2D eigenvalue weighted by Crippen LogP contribution is 2.18. The lowest BCUT2D eigenvalue weighted by molar-refractivity contribution is -0.130. The molecule has 6 heteroatoms. The molecule has 0 amide bonds. The molecule has 1 aliphatic heterocycles. The number of ether oxygens (including phenoxy) is 2. The van der Waals surface area contributed by atoms with Gasteiger partial charge in [-0.05, 0) is 55.9 Å². The number of aryl methyl sites for hydroxylation is 2. The third kappa shape index (κ3) is 4.90. The molecule has 1 atom stereocenters. The van der Waals surface area contributed by atoms with Crippen LogP contribution in [0.2, 0.25) is 0 Å². The summed E-state index contributed by atoms with van der Waals surface area (Å²) in [6, 6.07) is 15.2. The molecule has 1 aromatic heterocycles. The molecule has 2 aromatic carbocycles. The van der Waals surface area contributed by atoms with Crippen molar-refractivity contribution in [3.05, 3.63) is 75.7 Å². The number of esters is 1. The SMILES string of the molecule is O=C(OC1CCCCO1)c1ccc2[nH]c(=O)c(CCCc3ccccc3)nc2c1. The van der Waals surface area contributed by atoms with Crippen LogP contribution in [0.15, 0.2) is 53.3 Å². The molecule has 0 spiro atoms. The second-order valence-electron chi connectivity index (χ2n) is 7.29. The molecule has 150 valence electrons. The molecule has 29 heavy (non-hydrogen) atoms. The van der Waals surface area contributed by atoms with Gasteiger partial charge >= 0.3 is 5.97 Å². The molecule has 0 aliphatic carbocycles. The molecule has 6 nitrogen and oxygen atoms in total. The van der Waals surface area contributed by atoms with Gasteiger partial charge in [0.1, 0.15) is 5.69 Å². The van der Waals surface area contributed by atoms with E-state index >= 15 is 0 Å². The highest BCUT2D eigenvalue weighted by molar-refractivity contribution is 5.93. The Balaban J connectivity index is 1.47. The molecule has 1 unspecified atom stereocenters. The van der Waals surface area contributed by atoms with Crippen LogP contribution in [0.3, 0.4) is 0 Å². The molecule has 1 fully saturated rings. The van der Waals surface area contributed by atoms with Crippen LogP contribution in [0.4, 0.5) is 0 Å². The maximum absolute atomic E-state index is 12.4. The lowest BCUT2D eigenvalue weighted by Crippen LogP contribution is -2.25. The summed E-state index contributed by atoms with van der Waals surface area (Å²) >= 11 is 0. The van der Waals surface area contributed by atoms with Crippen molar-refractivity contribution in [2.45, 2.75) is 44.8 Å². The van der Waals surface area contributed by atoms with E-state index in [0.717, 1.165) is 32.1 Å². The quantitative estimate of drug-likeness (QED) is 0.646. The van der Waals surface area contributed by atoms with E-state index in [-0.39, 0.29) is 5.56 Å². The van der Waals surface area contributed by atoms with Gasteiger partial charge in [0, 0.05) is 6.42 Å². The number of nitrogens with zero attached hydrogens (tertiary/aromatic N) is 1. The van der Waals surface area contributed by atoms with E-state index in [1.807, 2.05) is 18.2 Å². The summed E-state index contributed by atoms with van der Waals surface area (Å²) in [6.45, 7) is 0.616. The summed E-state index contributed by atoms with van der Waals surface area (Å²) < 4.78 is 10.9. The zero-order chi connectivity index (χ0) is 20.1. The minimum absolute atomic E-state index is 0.184. The van der Waals surface area contributed by atoms with Crippen molar-refractivity contribution in [3.8, 4) is 0 Å². The van der Waals surface area contributed by atoms with Gasteiger partial charge in [0.25, 0.3) is 5.56 Å². The van der Waals surface area contributed by atoms with E-state index in [9.17, 15) is 9.59 Å². The largest absolute Gasteiger partial charge is 0.432 e. The van der Waals surface area contributed by atoms with Crippen molar-refractivity contribution in [1.82, 2.24) is 9.97 Å². The minimum atomic E-state index is -0.482. The lowest BCUT2D eigenvalue weighted by Gasteiger charge is -2.22. The Hall–Kier alpha value is -2.99. The number of fused-ring (bicyclic) bond motifs is 1. The Morgan fingerprint density at radius 2 is 2.00 bits per heavy atom. The van der Waals surface area contributed by atoms with Crippen molar-refractivity contribution < 1.29 is 14.3 Å². The van der Waals surface area contributed by atoms with Gasteiger partial charge in [-0.1, -0.05) is 30.3 Å². The van der Waals surface area contributed by atoms with E-state index in [1.54, 1.807) is 18.2 Å². The molecule has 0 bridgehead atoms. The van der Waals surface area contributed by atoms with Crippen LogP contribution < -0.4 is 5.56 Å². The number of carbonyl (C=O) groups excluding carboxylic acids is 1. The summed E-state index contributed by atoms with van der Waals surface area (Å²) in [7, 11) is 0. The molecule has 3 aromatic rings. The zero-order valence-corrected chi connectivity index (χ0v) is 16.2. The zero-order valence-electron chi connectivity index (χ0n) is 16.2. The first kappa shape index (κ1) is 19.3. The summed E-state index contributed by atoms with van der Waals surface area (Å²) in [4.78, 5) is 32.1. The molecule has 4 rings (SSSR count). The van der Waals surface area contributed by atoms with Crippen molar-refractivity contribution in [2.75, 3.05) is 6.61 Å². The number of benzene rings is 2. The third-order valence-corrected chi connectivity index (χ3v) is 5.10. The second-order valence-corrected chi connectivity index (χ2v) is 7.29. The normalized spacial score (nSPS) is 16.6. The number of H-pyrrole nitrogens is 1. The lowest BCUT2D eigenvalue weighted by atomic mass is 10.1. The number of carbonyl (C=O) groups is 1. The number of hydrogen-bond donors (Lipinski definition) is 1. The van der Waals surface area contributed by atoms with Crippen molar-refractivity contribution in [2.24, 2.45) is 0 Å². The van der Waals surface area contributed by atoms with Gasteiger partial charge in [0.15, 0.2) is 0 Å². The van der Waals surface area contributed by atoms with E-state index in [1.165, 1.54) is 5.56 Å². The van der Waals surface area contributed by atoms with Crippen LogP contribution in [0.25, 0.3) is 11.0 Å². The Morgan fingerprint density at radius 1 is 1.14 bits per heavy atom. The summed E-state index contributed by atoms with van der Waals surface area (Å²) in [5.41, 5.74) is 3.12. The van der Waals surface area contributed by atoms with E-state index < -0.39 is 12.3 Å². The summed E-state index contributed by atoms with van der Waals surface area (Å²) in [5.74, 6) is -0.433. The minimum Gasteiger partial charge on any atom is -0.432 e. The number of aromatic amines is 1. The Bertz CT molecular complexity index is 1040. The fourth-order valence-corrected chi connectivity index (χ4v) is 3.51. The molecular weight excluding hydrogens is 368 g/mol. The van der Waals surface area contributed by atoms with Gasteiger partial charge in [-0.25, -0.2) is 9.78 Å². The first-order valence-electron chi connectivity index (χ1n) is 10.1. The van der Waals surface area contributed by atoms with Crippen molar-refractivity contribution >= 4 is 17.0 Å². The van der Waals surface area contributed by atoms with Crippen LogP contribution in [0, 0.1) is 0 Å². The standard InChI is InChI=1S/C23H24N2O4/c26-22-19(10-6-9-16-7-2-1-3-8-16)24-20-15-17(12-13-18(20)25-22)23(27)29-21-11-4-5-14-28-21/h1-3,7-8,12-13,15,21H,4-6,9-11,14H2,(H,25,26). The van der Waals surface area contributed by atoms with Crippen LogP contribution in [-0.4, -0.2) is 28.8 Å². The maximum atomic E-state index is 12.4. The third-order valence-electron chi connectivity index (χ3n) is 5.10. The van der Waals surface area contributed by atoms with Crippen LogP contribution in [0.5, 0.6) is 0 Å². The topological polar surface area (TPSA) is 81.3 Å². The molecule has 1 N–H and O–H groups in total. The van der Waals surface area contributed by atoms with Crippen LogP contribution in [0.1, 0.15) is 47.3 Å². The average molecular weight is 392 g/mol. The average Bonchev–Trinajstić information content (AvgIpc) is 2.75. The molecule has 2 heterocycles. The highest BCUT2D eigenvalue weighted by Gasteiger charge is 2.19. The summed E-state index contributed by atoms with van der Waals surface area (Å²) in [6.07, 6.45) is 4.50. The fourth-order valence-electron chi connectivity index (χ4n) is 3.51. The van der Waals surface area contributed by atoms with Crippen molar-refractivity contribution in [3.63, 3.8) is 0 Å². The van der Waals surface area contributed by atoms with Gasteiger partial charge in [-0.2, -0.15) is 0 Å². The van der Waals surface area contributed by atoms with Gasteiger partial charge < -0.3 is 14.5 Å². The number of rotatable bonds is 6. The number of hydrogen-bond acceptors (Lipinski definition) is 5. The molecular formula is C23H24N2O4. The molecule has 0 radical (unpaired) electrons. The predicted molar refractivity (Wildman–Crippen MR) is 110 cm³/mol. The first-order chi connectivity index (χ1) is 14.2. The Morgan fingerprint density at radius 3 is 2.79 bits per heavy atom. The van der Waals surface area contributed by atoms with Crippen molar-refractivity contribution in [1.29, 1.82) is 0 Å². The molecule has 1 aliphatic rings. The molecule has 1 saturated heterocycles. The highest BCUT2D eigenvalue weighted by atomic mass is 16.7. The van der Waals surface area contributed by atoms with E-state index in [4.69, 9.17) is 9.47 Å². The number of nitrogens with one attached hydrogen (secondary N) is 1. The summed E-state index contributed by atoms with van der Waals surface area (Å²) in [5, 5.41) is 0. The monoisotopic (exact) mass is 392 g/mol. The van der Waals surface area contributed by atoms with Gasteiger partial charge in [0.2, 0.25) is 6.29 Å². The van der Waals surface area contributed by atoms with Crippen LogP contribution in [-0.2, 0) is 22.3 Å².